The Kier molecular flexibility index (Phi) is 14.3. The quantitative estimate of drug-likeness (QED) is 0.190. The van der Waals surface area contributed by atoms with Crippen LogP contribution in [0.4, 0.5) is 0 Å². The van der Waals surface area contributed by atoms with Gasteiger partial charge in [0.2, 0.25) is 5.91 Å². The third-order valence-electron chi connectivity index (χ3n) is 3.81. The van der Waals surface area contributed by atoms with Gasteiger partial charge in [0.1, 0.15) is 0 Å². The van der Waals surface area contributed by atoms with Gasteiger partial charge in [-0.3, -0.25) is 9.79 Å². The van der Waals surface area contributed by atoms with E-state index < -0.39 is 0 Å². The Morgan fingerprint density at radius 3 is 2.42 bits per heavy atom. The molecule has 0 aromatic heterocycles. The van der Waals surface area contributed by atoms with Crippen molar-refractivity contribution in [1.82, 2.24) is 20.9 Å². The molecule has 1 heterocycles. The number of methoxy groups -OCH3 is 2. The number of halogens is 1. The molecule has 0 aliphatic carbocycles. The van der Waals surface area contributed by atoms with E-state index in [9.17, 15) is 4.79 Å². The molecule has 1 aliphatic heterocycles. The molecule has 0 aromatic carbocycles. The van der Waals surface area contributed by atoms with Crippen molar-refractivity contribution in [3.8, 4) is 0 Å². The maximum Gasteiger partial charge on any atom is 0.239 e. The first-order valence-electron chi connectivity index (χ1n) is 8.13. The average Bonchev–Trinajstić information content (AvgIpc) is 2.58. The summed E-state index contributed by atoms with van der Waals surface area (Å²) >= 11 is 0. The molecule has 0 aromatic rings. The van der Waals surface area contributed by atoms with Gasteiger partial charge in [-0.2, -0.15) is 0 Å². The van der Waals surface area contributed by atoms with Crippen molar-refractivity contribution >= 4 is 35.8 Å². The van der Waals surface area contributed by atoms with Crippen LogP contribution in [0.5, 0.6) is 0 Å². The second-order valence-corrected chi connectivity index (χ2v) is 5.52. The first-order chi connectivity index (χ1) is 11.2. The summed E-state index contributed by atoms with van der Waals surface area (Å²) in [5.41, 5.74) is 0. The maximum atomic E-state index is 11.6. The molecule has 1 rings (SSSR count). The second kappa shape index (κ2) is 14.7. The molecule has 3 N–H and O–H groups in total. The number of carbonyl (C=O) groups excluding carboxylic acids is 1. The number of rotatable bonds is 9. The van der Waals surface area contributed by atoms with E-state index in [1.807, 2.05) is 0 Å². The van der Waals surface area contributed by atoms with Crippen molar-refractivity contribution in [3.63, 3.8) is 0 Å². The fourth-order valence-electron chi connectivity index (χ4n) is 2.43. The largest absolute Gasteiger partial charge is 0.383 e. The van der Waals surface area contributed by atoms with Gasteiger partial charge in [-0.1, -0.05) is 0 Å². The lowest BCUT2D eigenvalue weighted by Gasteiger charge is -2.32. The van der Waals surface area contributed by atoms with Crippen molar-refractivity contribution in [1.29, 1.82) is 0 Å². The minimum absolute atomic E-state index is 0. The molecule has 0 radical (unpaired) electrons. The first-order valence-corrected chi connectivity index (χ1v) is 8.13. The van der Waals surface area contributed by atoms with Crippen molar-refractivity contribution in [3.05, 3.63) is 0 Å². The number of piperidine rings is 1. The summed E-state index contributed by atoms with van der Waals surface area (Å²) in [6, 6.07) is 0.386. The lowest BCUT2D eigenvalue weighted by Crippen LogP contribution is -2.50. The summed E-state index contributed by atoms with van der Waals surface area (Å²) in [5.74, 6) is 0.599. The minimum atomic E-state index is -0.0700. The molecule has 0 bridgehead atoms. The molecule has 142 valence electrons. The third kappa shape index (κ3) is 10.3. The summed E-state index contributed by atoms with van der Waals surface area (Å²) in [6.07, 6.45) is 2.12. The molecule has 0 spiro atoms. The highest BCUT2D eigenvalue weighted by Gasteiger charge is 2.19. The molecule has 1 saturated heterocycles. The Bertz CT molecular complexity index is 363. The Hall–Kier alpha value is -0.650. The zero-order valence-corrected chi connectivity index (χ0v) is 17.3. The van der Waals surface area contributed by atoms with Gasteiger partial charge in [0.15, 0.2) is 5.96 Å². The maximum absolute atomic E-state index is 11.6. The van der Waals surface area contributed by atoms with Gasteiger partial charge in [0.25, 0.3) is 0 Å². The average molecular weight is 457 g/mol. The van der Waals surface area contributed by atoms with Crippen molar-refractivity contribution in [2.24, 2.45) is 4.99 Å². The lowest BCUT2D eigenvalue weighted by molar-refractivity contribution is -0.120. The van der Waals surface area contributed by atoms with E-state index in [4.69, 9.17) is 9.47 Å². The van der Waals surface area contributed by atoms with Crippen LogP contribution in [0, 0.1) is 0 Å². The first kappa shape index (κ1) is 23.4. The number of aliphatic imine (C=N–C) groups is 1. The van der Waals surface area contributed by atoms with Crippen LogP contribution in [0.2, 0.25) is 0 Å². The molecule has 1 aliphatic rings. The Morgan fingerprint density at radius 2 is 1.83 bits per heavy atom. The van der Waals surface area contributed by atoms with Crippen LogP contribution in [0.15, 0.2) is 4.99 Å². The SMILES string of the molecule is CN=C(NCC(=O)NCCOC)NC1CCN(CCOC)CC1.I. The zero-order chi connectivity index (χ0) is 16.9. The molecule has 1 fully saturated rings. The number of guanidine groups is 1. The van der Waals surface area contributed by atoms with Crippen molar-refractivity contribution in [2.75, 3.05) is 67.2 Å². The van der Waals surface area contributed by atoms with Gasteiger partial charge in [-0.15, -0.1) is 24.0 Å². The van der Waals surface area contributed by atoms with Gasteiger partial charge >= 0.3 is 0 Å². The number of hydrogen-bond acceptors (Lipinski definition) is 5. The number of hydrogen-bond donors (Lipinski definition) is 3. The summed E-state index contributed by atoms with van der Waals surface area (Å²) in [5, 5.41) is 9.19. The smallest absolute Gasteiger partial charge is 0.239 e. The Morgan fingerprint density at radius 1 is 1.17 bits per heavy atom. The number of amides is 1. The summed E-state index contributed by atoms with van der Waals surface area (Å²) in [4.78, 5) is 18.2. The van der Waals surface area contributed by atoms with Crippen LogP contribution in [0.3, 0.4) is 0 Å². The highest BCUT2D eigenvalue weighted by atomic mass is 127. The monoisotopic (exact) mass is 457 g/mol. The van der Waals surface area contributed by atoms with Crippen molar-refractivity contribution in [2.45, 2.75) is 18.9 Å². The number of nitrogens with one attached hydrogen (secondary N) is 3. The molecule has 0 atom stereocenters. The molecule has 0 unspecified atom stereocenters. The van der Waals surface area contributed by atoms with Gasteiger partial charge in [0, 0.05) is 53.5 Å². The van der Waals surface area contributed by atoms with Crippen LogP contribution in [-0.2, 0) is 14.3 Å². The fourth-order valence-corrected chi connectivity index (χ4v) is 2.43. The van der Waals surface area contributed by atoms with E-state index in [0.717, 1.165) is 39.1 Å². The van der Waals surface area contributed by atoms with Crippen LogP contribution in [0.25, 0.3) is 0 Å². The highest BCUT2D eigenvalue weighted by Crippen LogP contribution is 2.09. The predicted octanol–water partition coefficient (Wildman–Crippen LogP) is -0.357. The summed E-state index contributed by atoms with van der Waals surface area (Å²) < 4.78 is 10.0. The molecular formula is C15H32IN5O3. The molecular weight excluding hydrogens is 425 g/mol. The molecule has 0 saturated carbocycles. The minimum Gasteiger partial charge on any atom is -0.383 e. The van der Waals surface area contributed by atoms with Crippen molar-refractivity contribution < 1.29 is 14.3 Å². The van der Waals surface area contributed by atoms with Gasteiger partial charge in [-0.25, -0.2) is 0 Å². The number of nitrogens with zero attached hydrogens (tertiary/aromatic N) is 2. The highest BCUT2D eigenvalue weighted by molar-refractivity contribution is 14.0. The van der Waals surface area contributed by atoms with E-state index in [-0.39, 0.29) is 36.4 Å². The molecule has 24 heavy (non-hydrogen) atoms. The Balaban J connectivity index is 0.00000529. The van der Waals surface area contributed by atoms with Gasteiger partial charge in [0.05, 0.1) is 19.8 Å². The second-order valence-electron chi connectivity index (χ2n) is 5.52. The van der Waals surface area contributed by atoms with Crippen LogP contribution in [-0.4, -0.2) is 90.0 Å². The van der Waals surface area contributed by atoms with E-state index in [0.29, 0.717) is 25.2 Å². The predicted molar refractivity (Wildman–Crippen MR) is 106 cm³/mol. The van der Waals surface area contributed by atoms with Crippen LogP contribution < -0.4 is 16.0 Å². The van der Waals surface area contributed by atoms with Crippen LogP contribution in [0.1, 0.15) is 12.8 Å². The molecule has 9 heteroatoms. The van der Waals surface area contributed by atoms with E-state index in [1.165, 1.54) is 0 Å². The summed E-state index contributed by atoms with van der Waals surface area (Å²) in [7, 11) is 5.05. The number of carbonyl (C=O) groups is 1. The zero-order valence-electron chi connectivity index (χ0n) is 15.0. The van der Waals surface area contributed by atoms with Gasteiger partial charge in [-0.05, 0) is 12.8 Å². The van der Waals surface area contributed by atoms with E-state index >= 15 is 0 Å². The summed E-state index contributed by atoms with van der Waals surface area (Å²) in [6.45, 7) is 5.10. The van der Waals surface area contributed by atoms with E-state index in [2.05, 4.69) is 25.8 Å². The third-order valence-corrected chi connectivity index (χ3v) is 3.81. The standard InChI is InChI=1S/C15H31N5O3.HI/c1-16-15(18-12-14(21)17-6-10-22-2)19-13-4-7-20(8-5-13)9-11-23-3;/h13H,4-12H2,1-3H3,(H,17,21)(H2,16,18,19);1H. The van der Waals surface area contributed by atoms with Gasteiger partial charge < -0.3 is 30.3 Å². The molecule has 1 amide bonds. The molecule has 8 nitrogen and oxygen atoms in total. The fraction of sp³-hybridized carbons (Fsp3) is 0.867. The number of likely N-dealkylation sites (tertiary alicyclic amines) is 1. The van der Waals surface area contributed by atoms with E-state index in [1.54, 1.807) is 21.3 Å². The lowest BCUT2D eigenvalue weighted by atomic mass is 10.1. The topological polar surface area (TPSA) is 87.2 Å². The normalized spacial score (nSPS) is 16.4. The number of ether oxygens (including phenoxy) is 2. The Labute approximate surface area is 162 Å². The van der Waals surface area contributed by atoms with Crippen LogP contribution >= 0.6 is 24.0 Å².